The van der Waals surface area contributed by atoms with E-state index >= 15 is 0 Å². The molecule has 6 nitrogen and oxygen atoms in total. The summed E-state index contributed by atoms with van der Waals surface area (Å²) < 4.78 is 0. The van der Waals surface area contributed by atoms with Crippen LogP contribution in [-0.4, -0.2) is 29.2 Å². The number of carbonyl (C=O) groups is 2. The molecule has 1 amide bonds. The van der Waals surface area contributed by atoms with Crippen molar-refractivity contribution in [2.75, 3.05) is 10.3 Å². The fraction of sp³-hybridized carbons (Fsp3) is 0.364. The van der Waals surface area contributed by atoms with Gasteiger partial charge in [-0.25, -0.2) is 0 Å². The Kier molecular flexibility index (Phi) is 3.33. The van der Waals surface area contributed by atoms with Crippen LogP contribution in [0.2, 0.25) is 0 Å². The summed E-state index contributed by atoms with van der Waals surface area (Å²) in [6.45, 7) is 3.57. The average molecular weight is 246 g/mol. The lowest BCUT2D eigenvalue weighted by molar-refractivity contribution is -0.119. The topological polar surface area (TPSA) is 82.5 Å². The first kappa shape index (κ1) is 12.6. The smallest absolute Gasteiger partial charge is 0.324 e. The Hall–Kier alpha value is -1.89. The van der Waals surface area contributed by atoms with Gasteiger partial charge in [0, 0.05) is 12.3 Å². The number of carbonyl (C=O) groups excluding carboxylic acids is 2. The van der Waals surface area contributed by atoms with E-state index in [1.807, 2.05) is 0 Å². The van der Waals surface area contributed by atoms with E-state index in [4.69, 9.17) is 0 Å². The maximum atomic E-state index is 11.5. The molecular weight excluding hydrogens is 233 g/mol. The summed E-state index contributed by atoms with van der Waals surface area (Å²) >= 11 is 0. The van der Waals surface area contributed by atoms with Gasteiger partial charge in [0.1, 0.15) is 5.68 Å². The molecule has 1 aliphatic heterocycles. The fourth-order valence-corrected chi connectivity index (χ4v) is 1.59. The standard InChI is InChI=1S/C11H13BN3O3/c1-6(2)11(17)14-7-3-9-8(13-5-7)4-10(16)12-15(9)18/h3,5-6,18H,4H2,1-2H3,(H,14,17). The molecule has 0 saturated heterocycles. The fourth-order valence-electron chi connectivity index (χ4n) is 1.59. The van der Waals surface area contributed by atoms with Crippen molar-refractivity contribution in [1.29, 1.82) is 0 Å². The number of aromatic nitrogens is 1. The Balaban J connectivity index is 2.24. The third kappa shape index (κ3) is 2.51. The maximum absolute atomic E-state index is 11.5. The minimum absolute atomic E-state index is 0.128. The Morgan fingerprint density at radius 1 is 1.61 bits per heavy atom. The molecule has 93 valence electrons. The van der Waals surface area contributed by atoms with Gasteiger partial charge in [-0.3, -0.25) is 14.8 Å². The quantitative estimate of drug-likeness (QED) is 0.745. The van der Waals surface area contributed by atoms with Gasteiger partial charge in [0.05, 0.1) is 23.3 Å². The van der Waals surface area contributed by atoms with Crippen molar-refractivity contribution in [1.82, 2.24) is 4.98 Å². The van der Waals surface area contributed by atoms with E-state index in [0.29, 0.717) is 17.1 Å². The number of fused-ring (bicyclic) bond motifs is 1. The van der Waals surface area contributed by atoms with Crippen LogP contribution in [0.1, 0.15) is 19.5 Å². The van der Waals surface area contributed by atoms with E-state index < -0.39 is 0 Å². The van der Waals surface area contributed by atoms with Gasteiger partial charge in [-0.15, -0.1) is 0 Å². The number of nitrogens with zero attached hydrogens (tertiary/aromatic N) is 2. The summed E-state index contributed by atoms with van der Waals surface area (Å²) in [5.74, 6) is -0.267. The normalized spacial score (nSPS) is 14.2. The molecule has 0 saturated carbocycles. The largest absolute Gasteiger partial charge is 0.369 e. The lowest BCUT2D eigenvalue weighted by Gasteiger charge is -2.23. The van der Waals surface area contributed by atoms with E-state index in [-0.39, 0.29) is 23.9 Å². The maximum Gasteiger partial charge on any atom is 0.369 e. The number of pyridine rings is 1. The highest BCUT2D eigenvalue weighted by Crippen LogP contribution is 2.25. The number of hydrogen-bond acceptors (Lipinski definition) is 5. The molecule has 1 aromatic rings. The van der Waals surface area contributed by atoms with Crippen molar-refractivity contribution in [3.05, 3.63) is 18.0 Å². The van der Waals surface area contributed by atoms with Gasteiger partial charge in [0.15, 0.2) is 0 Å². The second-order valence-electron chi connectivity index (χ2n) is 4.45. The van der Waals surface area contributed by atoms with Gasteiger partial charge in [0.2, 0.25) is 5.91 Å². The molecule has 0 aliphatic carbocycles. The third-order valence-electron chi connectivity index (χ3n) is 2.59. The van der Waals surface area contributed by atoms with Crippen molar-refractivity contribution >= 4 is 30.4 Å². The lowest BCUT2D eigenvalue weighted by atomic mass is 9.79. The van der Waals surface area contributed by atoms with Crippen LogP contribution in [0.15, 0.2) is 12.3 Å². The molecule has 1 aromatic heterocycles. The highest BCUT2D eigenvalue weighted by atomic mass is 16.5. The van der Waals surface area contributed by atoms with Crippen LogP contribution < -0.4 is 10.3 Å². The predicted molar refractivity (Wildman–Crippen MR) is 66.4 cm³/mol. The van der Waals surface area contributed by atoms with Crippen LogP contribution in [0.25, 0.3) is 0 Å². The number of nitrogens with one attached hydrogen (secondary N) is 1. The van der Waals surface area contributed by atoms with Gasteiger partial charge in [0.25, 0.3) is 0 Å². The molecule has 2 N–H and O–H groups in total. The highest BCUT2D eigenvalue weighted by Gasteiger charge is 2.25. The van der Waals surface area contributed by atoms with Crippen LogP contribution in [-0.2, 0) is 16.0 Å². The van der Waals surface area contributed by atoms with Gasteiger partial charge in [-0.05, 0) is 6.07 Å². The highest BCUT2D eigenvalue weighted by molar-refractivity contribution is 6.77. The molecule has 0 spiro atoms. The molecule has 0 atom stereocenters. The van der Waals surface area contributed by atoms with Crippen molar-refractivity contribution in [3.63, 3.8) is 0 Å². The number of amides is 1. The molecule has 0 unspecified atom stereocenters. The van der Waals surface area contributed by atoms with Crippen LogP contribution in [0.5, 0.6) is 0 Å². The first-order chi connectivity index (χ1) is 8.47. The molecule has 2 heterocycles. The monoisotopic (exact) mass is 246 g/mol. The van der Waals surface area contributed by atoms with Crippen LogP contribution >= 0.6 is 0 Å². The molecular formula is C11H13BN3O3. The Labute approximate surface area is 105 Å². The Morgan fingerprint density at radius 3 is 3.00 bits per heavy atom. The van der Waals surface area contributed by atoms with Crippen molar-refractivity contribution in [2.45, 2.75) is 20.3 Å². The summed E-state index contributed by atoms with van der Waals surface area (Å²) in [6.07, 6.45) is 1.64. The zero-order chi connectivity index (χ0) is 13.3. The summed E-state index contributed by atoms with van der Waals surface area (Å²) in [7, 11) is 1.10. The number of hydrogen-bond donors (Lipinski definition) is 2. The van der Waals surface area contributed by atoms with Crippen LogP contribution in [0, 0.1) is 5.92 Å². The average Bonchev–Trinajstić information content (AvgIpc) is 2.29. The SMILES string of the molecule is CC(C)C(=O)Nc1cnc2c(c1)N(O)[B]C(=O)C2. The van der Waals surface area contributed by atoms with E-state index in [9.17, 15) is 14.8 Å². The van der Waals surface area contributed by atoms with Gasteiger partial charge in [-0.2, -0.15) is 0 Å². The predicted octanol–water partition coefficient (Wildman–Crippen LogP) is 0.574. The molecule has 0 bridgehead atoms. The zero-order valence-corrected chi connectivity index (χ0v) is 10.2. The second kappa shape index (κ2) is 4.77. The summed E-state index contributed by atoms with van der Waals surface area (Å²) in [6, 6.07) is 1.59. The minimum Gasteiger partial charge on any atom is -0.324 e. The van der Waals surface area contributed by atoms with Crippen LogP contribution in [0.3, 0.4) is 0 Å². The van der Waals surface area contributed by atoms with Gasteiger partial charge >= 0.3 is 7.41 Å². The van der Waals surface area contributed by atoms with E-state index in [2.05, 4.69) is 10.3 Å². The van der Waals surface area contributed by atoms with Crippen LogP contribution in [0.4, 0.5) is 11.4 Å². The summed E-state index contributed by atoms with van der Waals surface area (Å²) in [4.78, 5) is 27.6. The molecule has 1 radical (unpaired) electrons. The molecule has 0 aromatic carbocycles. The van der Waals surface area contributed by atoms with E-state index in [0.717, 1.165) is 12.4 Å². The van der Waals surface area contributed by atoms with Gasteiger partial charge < -0.3 is 15.3 Å². The van der Waals surface area contributed by atoms with Crippen molar-refractivity contribution < 1.29 is 14.8 Å². The lowest BCUT2D eigenvalue weighted by Crippen LogP contribution is -2.37. The van der Waals surface area contributed by atoms with Gasteiger partial charge in [-0.1, -0.05) is 13.8 Å². The number of rotatable bonds is 2. The van der Waals surface area contributed by atoms with E-state index in [1.54, 1.807) is 19.9 Å². The molecule has 0 fully saturated rings. The molecule has 7 heteroatoms. The van der Waals surface area contributed by atoms with Crippen molar-refractivity contribution in [3.8, 4) is 0 Å². The minimum atomic E-state index is -0.212. The third-order valence-corrected chi connectivity index (χ3v) is 2.59. The first-order valence-electron chi connectivity index (χ1n) is 5.63. The number of anilines is 2. The van der Waals surface area contributed by atoms with Crippen molar-refractivity contribution in [2.24, 2.45) is 5.92 Å². The first-order valence-corrected chi connectivity index (χ1v) is 5.63. The second-order valence-corrected chi connectivity index (χ2v) is 4.45. The molecule has 2 rings (SSSR count). The Morgan fingerprint density at radius 2 is 2.33 bits per heavy atom. The summed E-state index contributed by atoms with van der Waals surface area (Å²) in [5.41, 5.74) is 1.19. The zero-order valence-electron chi connectivity index (χ0n) is 10.2. The Bertz CT molecular complexity index is 504. The summed E-state index contributed by atoms with van der Waals surface area (Å²) in [5, 5.41) is 12.3. The molecule has 18 heavy (non-hydrogen) atoms. The molecule has 1 aliphatic rings. The van der Waals surface area contributed by atoms with E-state index in [1.165, 1.54) is 6.20 Å².